The summed E-state index contributed by atoms with van der Waals surface area (Å²) in [5, 5.41) is 0. The van der Waals surface area contributed by atoms with Crippen molar-refractivity contribution in [2.45, 2.75) is 0 Å². The van der Waals surface area contributed by atoms with Crippen molar-refractivity contribution in [3.8, 4) is 0 Å². The van der Waals surface area contributed by atoms with Gasteiger partial charge in [-0.1, -0.05) is 0 Å². The molecule has 0 radical (unpaired) electrons. The Labute approximate surface area is 91.4 Å². The first-order chi connectivity index (χ1) is 7.52. The third-order valence-electron chi connectivity index (χ3n) is 2.06. The maximum absolute atomic E-state index is 11.7. The van der Waals surface area contributed by atoms with Gasteiger partial charge >= 0.3 is 11.9 Å². The molecule has 0 saturated heterocycles. The van der Waals surface area contributed by atoms with E-state index in [-0.39, 0.29) is 11.1 Å². The Kier molecular flexibility index (Phi) is 3.44. The average Bonchev–Trinajstić information content (AvgIpc) is 2.30. The second-order valence-corrected chi connectivity index (χ2v) is 3.00. The first kappa shape index (κ1) is 12.0. The van der Waals surface area contributed by atoms with Gasteiger partial charge in [0.1, 0.15) is 5.56 Å². The number of hydrogen-bond donors (Lipinski definition) is 0. The van der Waals surface area contributed by atoms with E-state index in [2.05, 4.69) is 9.47 Å². The van der Waals surface area contributed by atoms with Gasteiger partial charge in [-0.3, -0.25) is 4.79 Å². The Hall–Kier alpha value is -2.11. The van der Waals surface area contributed by atoms with Crippen molar-refractivity contribution in [1.82, 2.24) is 4.57 Å². The van der Waals surface area contributed by atoms with Gasteiger partial charge in [0.2, 0.25) is 0 Å². The topological polar surface area (TPSA) is 74.6 Å². The highest BCUT2D eigenvalue weighted by molar-refractivity contribution is 6.02. The zero-order valence-electron chi connectivity index (χ0n) is 9.14. The van der Waals surface area contributed by atoms with Crippen molar-refractivity contribution in [3.05, 3.63) is 33.7 Å². The first-order valence-electron chi connectivity index (χ1n) is 4.39. The SMILES string of the molecule is COC(=O)c1ccn(C)c(=O)c1C(=O)OC. The van der Waals surface area contributed by atoms with Gasteiger partial charge in [-0.05, 0) is 6.07 Å². The second-order valence-electron chi connectivity index (χ2n) is 3.00. The summed E-state index contributed by atoms with van der Waals surface area (Å²) < 4.78 is 10.1. The Balaban J connectivity index is 3.51. The van der Waals surface area contributed by atoms with Crippen LogP contribution < -0.4 is 5.56 Å². The van der Waals surface area contributed by atoms with E-state index in [0.717, 1.165) is 7.11 Å². The van der Waals surface area contributed by atoms with Crippen LogP contribution in [0, 0.1) is 0 Å². The number of esters is 2. The van der Waals surface area contributed by atoms with Crippen LogP contribution in [0.4, 0.5) is 0 Å². The summed E-state index contributed by atoms with van der Waals surface area (Å²) in [5.74, 6) is -1.61. The maximum Gasteiger partial charge on any atom is 0.344 e. The lowest BCUT2D eigenvalue weighted by Gasteiger charge is -2.06. The van der Waals surface area contributed by atoms with Gasteiger partial charge in [0.05, 0.1) is 19.8 Å². The fraction of sp³-hybridized carbons (Fsp3) is 0.300. The minimum Gasteiger partial charge on any atom is -0.465 e. The summed E-state index contributed by atoms with van der Waals surface area (Å²) in [7, 11) is 3.77. The molecule has 0 N–H and O–H groups in total. The van der Waals surface area contributed by atoms with Gasteiger partial charge in [0.25, 0.3) is 5.56 Å². The zero-order chi connectivity index (χ0) is 12.3. The van der Waals surface area contributed by atoms with Crippen molar-refractivity contribution in [1.29, 1.82) is 0 Å². The van der Waals surface area contributed by atoms with Crippen molar-refractivity contribution in [3.63, 3.8) is 0 Å². The Morgan fingerprint density at radius 2 is 1.75 bits per heavy atom. The number of aryl methyl sites for hydroxylation is 1. The highest BCUT2D eigenvalue weighted by Gasteiger charge is 2.22. The van der Waals surface area contributed by atoms with E-state index in [1.807, 2.05) is 0 Å². The van der Waals surface area contributed by atoms with Crippen LogP contribution in [0.3, 0.4) is 0 Å². The van der Waals surface area contributed by atoms with Crippen molar-refractivity contribution in [2.75, 3.05) is 14.2 Å². The molecule has 0 saturated carbocycles. The van der Waals surface area contributed by atoms with E-state index >= 15 is 0 Å². The lowest BCUT2D eigenvalue weighted by Crippen LogP contribution is -2.28. The molecule has 0 amide bonds. The van der Waals surface area contributed by atoms with Crippen LogP contribution >= 0.6 is 0 Å². The highest BCUT2D eigenvalue weighted by atomic mass is 16.5. The second kappa shape index (κ2) is 4.61. The molecule has 0 spiro atoms. The number of nitrogens with zero attached hydrogens (tertiary/aromatic N) is 1. The van der Waals surface area contributed by atoms with Gasteiger partial charge in [0, 0.05) is 13.2 Å². The summed E-state index contributed by atoms with van der Waals surface area (Å²) in [6, 6.07) is 1.33. The molecule has 86 valence electrons. The zero-order valence-corrected chi connectivity index (χ0v) is 9.14. The fourth-order valence-corrected chi connectivity index (χ4v) is 1.21. The molecule has 0 aliphatic rings. The molecule has 1 aromatic rings. The quantitative estimate of drug-likeness (QED) is 0.660. The van der Waals surface area contributed by atoms with Crippen LogP contribution in [0.5, 0.6) is 0 Å². The summed E-state index contributed by atoms with van der Waals surface area (Å²) in [6.45, 7) is 0. The fourth-order valence-electron chi connectivity index (χ4n) is 1.21. The molecule has 16 heavy (non-hydrogen) atoms. The third kappa shape index (κ3) is 1.95. The van der Waals surface area contributed by atoms with Gasteiger partial charge in [-0.25, -0.2) is 9.59 Å². The number of pyridine rings is 1. The molecular weight excluding hydrogens is 214 g/mol. The number of methoxy groups -OCH3 is 2. The van der Waals surface area contributed by atoms with E-state index in [9.17, 15) is 14.4 Å². The van der Waals surface area contributed by atoms with E-state index in [1.165, 1.54) is 31.0 Å². The number of aromatic nitrogens is 1. The van der Waals surface area contributed by atoms with Crippen molar-refractivity contribution >= 4 is 11.9 Å². The molecule has 0 fully saturated rings. The lowest BCUT2D eigenvalue weighted by molar-refractivity contribution is 0.0552. The Morgan fingerprint density at radius 1 is 1.19 bits per heavy atom. The highest BCUT2D eigenvalue weighted by Crippen LogP contribution is 2.06. The molecule has 0 aliphatic carbocycles. The van der Waals surface area contributed by atoms with Gasteiger partial charge in [-0.15, -0.1) is 0 Å². The third-order valence-corrected chi connectivity index (χ3v) is 2.06. The molecular formula is C10H11NO5. The summed E-state index contributed by atoms with van der Waals surface area (Å²) in [4.78, 5) is 34.4. The van der Waals surface area contributed by atoms with Gasteiger partial charge in [0.15, 0.2) is 0 Å². The summed E-state index contributed by atoms with van der Waals surface area (Å²) >= 11 is 0. The maximum atomic E-state index is 11.7. The predicted octanol–water partition coefficient (Wildman–Crippen LogP) is -0.0415. The molecule has 0 unspecified atom stereocenters. The number of ether oxygens (including phenoxy) is 2. The first-order valence-corrected chi connectivity index (χ1v) is 4.39. The smallest absolute Gasteiger partial charge is 0.344 e. The molecule has 0 bridgehead atoms. The summed E-state index contributed by atoms with van der Waals surface area (Å²) in [5.41, 5.74) is -1.02. The molecule has 1 heterocycles. The largest absolute Gasteiger partial charge is 0.465 e. The van der Waals surface area contributed by atoms with Gasteiger partial charge in [-0.2, -0.15) is 0 Å². The van der Waals surface area contributed by atoms with Crippen molar-refractivity contribution in [2.24, 2.45) is 7.05 Å². The molecule has 0 aliphatic heterocycles. The molecule has 1 rings (SSSR count). The average molecular weight is 225 g/mol. The number of hydrogen-bond acceptors (Lipinski definition) is 5. The standard InChI is InChI=1S/C10H11NO5/c1-11-5-4-6(9(13)15-2)7(8(11)12)10(14)16-3/h4-5H,1-3H3. The lowest BCUT2D eigenvalue weighted by atomic mass is 10.1. The van der Waals surface area contributed by atoms with E-state index < -0.39 is 17.5 Å². The normalized spacial score (nSPS) is 9.69. The molecule has 1 aromatic heterocycles. The Morgan fingerprint density at radius 3 is 2.25 bits per heavy atom. The van der Waals surface area contributed by atoms with E-state index in [4.69, 9.17) is 0 Å². The van der Waals surface area contributed by atoms with Crippen LogP contribution in [0.25, 0.3) is 0 Å². The summed E-state index contributed by atoms with van der Waals surface area (Å²) in [6.07, 6.45) is 1.38. The molecule has 0 aromatic carbocycles. The van der Waals surface area contributed by atoms with Crippen LogP contribution in [-0.4, -0.2) is 30.7 Å². The Bertz CT molecular complexity index is 488. The van der Waals surface area contributed by atoms with Crippen LogP contribution in [-0.2, 0) is 16.5 Å². The molecule has 0 atom stereocenters. The molecule has 6 heteroatoms. The van der Waals surface area contributed by atoms with Crippen LogP contribution in [0.2, 0.25) is 0 Å². The predicted molar refractivity (Wildman–Crippen MR) is 54.4 cm³/mol. The minimum atomic E-state index is -0.860. The van der Waals surface area contributed by atoms with Crippen LogP contribution in [0.1, 0.15) is 20.7 Å². The van der Waals surface area contributed by atoms with E-state index in [1.54, 1.807) is 0 Å². The van der Waals surface area contributed by atoms with Crippen LogP contribution in [0.15, 0.2) is 17.1 Å². The number of carbonyl (C=O) groups is 2. The number of rotatable bonds is 2. The van der Waals surface area contributed by atoms with E-state index in [0.29, 0.717) is 0 Å². The monoisotopic (exact) mass is 225 g/mol. The minimum absolute atomic E-state index is 0.0996. The van der Waals surface area contributed by atoms with Crippen molar-refractivity contribution < 1.29 is 19.1 Å². The molecule has 6 nitrogen and oxygen atoms in total. The van der Waals surface area contributed by atoms with Gasteiger partial charge < -0.3 is 14.0 Å². The number of carbonyl (C=O) groups excluding carboxylic acids is 2.